The number of halogens is 3. The summed E-state index contributed by atoms with van der Waals surface area (Å²) >= 11 is 9.04. The summed E-state index contributed by atoms with van der Waals surface area (Å²) in [6.45, 7) is 0. The Balaban J connectivity index is 2.07. The van der Waals surface area contributed by atoms with E-state index in [2.05, 4.69) is 31.0 Å². The first kappa shape index (κ1) is 12.3. The number of benzene rings is 1. The zero-order valence-corrected chi connectivity index (χ0v) is 11.6. The number of hydrogen-bond donors (Lipinski definition) is 0. The molecule has 0 radical (unpaired) electrons. The summed E-state index contributed by atoms with van der Waals surface area (Å²) in [5.74, 6) is 0.494. The minimum absolute atomic E-state index is 0.214. The minimum atomic E-state index is -0.417. The van der Waals surface area contributed by atoms with E-state index in [0.29, 0.717) is 21.9 Å². The lowest BCUT2D eigenvalue weighted by molar-refractivity contribution is 0.441. The number of ether oxygens (including phenoxy) is 1. The predicted octanol–water partition coefficient (Wildman–Crippen LogP) is 3.47. The Morgan fingerprint density at radius 3 is 2.89 bits per heavy atom. The van der Waals surface area contributed by atoms with E-state index in [1.807, 2.05) is 0 Å². The highest BCUT2D eigenvalue weighted by molar-refractivity contribution is 9.10. The normalized spacial score (nSPS) is 10.9. The summed E-state index contributed by atoms with van der Waals surface area (Å²) in [5, 5.41) is 4.17. The largest absolute Gasteiger partial charge is 0.439 e. The first-order chi connectivity index (χ1) is 9.11. The van der Waals surface area contributed by atoms with Gasteiger partial charge in [0.2, 0.25) is 5.88 Å². The maximum absolute atomic E-state index is 13.3. The summed E-state index contributed by atoms with van der Waals surface area (Å²) in [5.41, 5.74) is 0. The molecule has 5 nitrogen and oxygen atoms in total. The van der Waals surface area contributed by atoms with Crippen molar-refractivity contribution in [1.29, 1.82) is 0 Å². The van der Waals surface area contributed by atoms with Crippen LogP contribution < -0.4 is 4.74 Å². The van der Waals surface area contributed by atoms with Crippen LogP contribution in [0, 0.1) is 5.82 Å². The second kappa shape index (κ2) is 4.75. The Morgan fingerprint density at radius 2 is 2.11 bits per heavy atom. The van der Waals surface area contributed by atoms with Crippen LogP contribution in [-0.2, 0) is 0 Å². The van der Waals surface area contributed by atoms with Crippen LogP contribution in [0.2, 0.25) is 5.15 Å². The third-order valence-corrected chi connectivity index (χ3v) is 2.90. The molecule has 0 bridgehead atoms. The molecule has 0 aliphatic carbocycles. The molecule has 0 amide bonds. The molecule has 3 aromatic rings. The van der Waals surface area contributed by atoms with Crippen LogP contribution in [0.3, 0.4) is 0 Å². The molecule has 0 spiro atoms. The van der Waals surface area contributed by atoms with Gasteiger partial charge < -0.3 is 4.74 Å². The highest BCUT2D eigenvalue weighted by Gasteiger charge is 2.09. The van der Waals surface area contributed by atoms with Crippen molar-refractivity contribution in [3.8, 4) is 11.6 Å². The average Bonchev–Trinajstić information content (AvgIpc) is 2.75. The van der Waals surface area contributed by atoms with Crippen LogP contribution in [0.15, 0.2) is 35.1 Å². The Morgan fingerprint density at radius 1 is 1.26 bits per heavy atom. The summed E-state index contributed by atoms with van der Waals surface area (Å²) in [6.07, 6.45) is 1.33. The molecule has 2 heterocycles. The topological polar surface area (TPSA) is 52.3 Å². The SMILES string of the molecule is Fc1cc(Br)cc(Oc2cc(Cl)nc3ncnn23)c1. The van der Waals surface area contributed by atoms with E-state index in [4.69, 9.17) is 16.3 Å². The summed E-state index contributed by atoms with van der Waals surface area (Å²) < 4.78 is 20.8. The van der Waals surface area contributed by atoms with Crippen molar-refractivity contribution in [1.82, 2.24) is 19.6 Å². The fraction of sp³-hybridized carbons (Fsp3) is 0. The van der Waals surface area contributed by atoms with Crippen molar-refractivity contribution in [2.75, 3.05) is 0 Å². The van der Waals surface area contributed by atoms with E-state index in [-0.39, 0.29) is 5.15 Å². The summed E-state index contributed by atoms with van der Waals surface area (Å²) in [4.78, 5) is 7.87. The molecule has 0 aliphatic rings. The van der Waals surface area contributed by atoms with E-state index < -0.39 is 5.82 Å². The number of nitrogens with zero attached hydrogens (tertiary/aromatic N) is 4. The van der Waals surface area contributed by atoms with Crippen LogP contribution in [0.1, 0.15) is 0 Å². The van der Waals surface area contributed by atoms with Gasteiger partial charge >= 0.3 is 0 Å². The van der Waals surface area contributed by atoms with Crippen LogP contribution in [-0.4, -0.2) is 19.6 Å². The third-order valence-electron chi connectivity index (χ3n) is 2.25. The number of aromatic nitrogens is 4. The van der Waals surface area contributed by atoms with Crippen molar-refractivity contribution in [3.05, 3.63) is 46.0 Å². The molecule has 0 saturated carbocycles. The Kier molecular flexibility index (Phi) is 3.08. The Labute approximate surface area is 120 Å². The molecule has 8 heteroatoms. The summed E-state index contributed by atoms with van der Waals surface area (Å²) in [7, 11) is 0. The summed E-state index contributed by atoms with van der Waals surface area (Å²) in [6, 6.07) is 5.68. The van der Waals surface area contributed by atoms with Crippen molar-refractivity contribution >= 4 is 33.3 Å². The fourth-order valence-electron chi connectivity index (χ4n) is 1.54. The molecular weight excluding hydrogens is 339 g/mol. The van der Waals surface area contributed by atoms with Gasteiger partial charge in [-0.3, -0.25) is 0 Å². The van der Waals surface area contributed by atoms with E-state index in [1.54, 1.807) is 6.07 Å². The van der Waals surface area contributed by atoms with E-state index in [0.717, 1.165) is 0 Å². The van der Waals surface area contributed by atoms with Gasteiger partial charge in [0.15, 0.2) is 0 Å². The van der Waals surface area contributed by atoms with Crippen molar-refractivity contribution in [2.24, 2.45) is 0 Å². The van der Waals surface area contributed by atoms with Crippen LogP contribution in [0.25, 0.3) is 5.78 Å². The van der Waals surface area contributed by atoms with Crippen LogP contribution >= 0.6 is 27.5 Å². The van der Waals surface area contributed by atoms with Gasteiger partial charge in [0.05, 0.1) is 0 Å². The number of hydrogen-bond acceptors (Lipinski definition) is 4. The zero-order valence-electron chi connectivity index (χ0n) is 9.22. The van der Waals surface area contributed by atoms with Crippen molar-refractivity contribution in [3.63, 3.8) is 0 Å². The zero-order chi connectivity index (χ0) is 13.4. The van der Waals surface area contributed by atoms with Crippen LogP contribution in [0.5, 0.6) is 11.6 Å². The highest BCUT2D eigenvalue weighted by atomic mass is 79.9. The van der Waals surface area contributed by atoms with Gasteiger partial charge in [-0.05, 0) is 12.1 Å². The molecular formula is C11H5BrClFN4O. The molecule has 2 aromatic heterocycles. The van der Waals surface area contributed by atoms with Gasteiger partial charge in [0.25, 0.3) is 5.78 Å². The second-order valence-corrected chi connectivity index (χ2v) is 4.90. The van der Waals surface area contributed by atoms with Gasteiger partial charge in [0, 0.05) is 16.6 Å². The number of rotatable bonds is 2. The predicted molar refractivity (Wildman–Crippen MR) is 70.0 cm³/mol. The fourth-order valence-corrected chi connectivity index (χ4v) is 2.15. The van der Waals surface area contributed by atoms with Gasteiger partial charge in [-0.1, -0.05) is 27.5 Å². The Hall–Kier alpha value is -1.73. The van der Waals surface area contributed by atoms with Gasteiger partial charge in [0.1, 0.15) is 23.0 Å². The van der Waals surface area contributed by atoms with E-state index in [9.17, 15) is 4.39 Å². The molecule has 19 heavy (non-hydrogen) atoms. The Bertz CT molecular complexity index is 743. The molecule has 3 rings (SSSR count). The van der Waals surface area contributed by atoms with E-state index >= 15 is 0 Å². The van der Waals surface area contributed by atoms with Gasteiger partial charge in [-0.25, -0.2) is 4.39 Å². The lowest BCUT2D eigenvalue weighted by Crippen LogP contribution is -1.98. The van der Waals surface area contributed by atoms with E-state index in [1.165, 1.54) is 29.0 Å². The molecule has 0 N–H and O–H groups in total. The second-order valence-electron chi connectivity index (χ2n) is 3.60. The highest BCUT2D eigenvalue weighted by Crippen LogP contribution is 2.27. The standard InChI is InChI=1S/C11H5BrClFN4O/c12-6-1-7(14)3-8(2-6)19-10-4-9(13)17-11-15-5-16-18(10)11/h1-5H. The molecule has 0 atom stereocenters. The maximum Gasteiger partial charge on any atom is 0.256 e. The van der Waals surface area contributed by atoms with Crippen molar-refractivity contribution in [2.45, 2.75) is 0 Å². The molecule has 0 fully saturated rings. The lowest BCUT2D eigenvalue weighted by atomic mass is 10.3. The maximum atomic E-state index is 13.3. The first-order valence-electron chi connectivity index (χ1n) is 5.12. The van der Waals surface area contributed by atoms with Gasteiger partial charge in [-0.2, -0.15) is 19.6 Å². The van der Waals surface area contributed by atoms with Crippen LogP contribution in [0.4, 0.5) is 4.39 Å². The molecule has 96 valence electrons. The molecule has 0 unspecified atom stereocenters. The molecule has 1 aromatic carbocycles. The third kappa shape index (κ3) is 2.52. The first-order valence-corrected chi connectivity index (χ1v) is 6.29. The smallest absolute Gasteiger partial charge is 0.256 e. The van der Waals surface area contributed by atoms with Crippen molar-refractivity contribution < 1.29 is 9.13 Å². The molecule has 0 aliphatic heterocycles. The average molecular weight is 344 g/mol. The monoisotopic (exact) mass is 342 g/mol. The quantitative estimate of drug-likeness (QED) is 0.669. The van der Waals surface area contributed by atoms with Gasteiger partial charge in [-0.15, -0.1) is 0 Å². The number of fused-ring (bicyclic) bond motifs is 1. The molecule has 0 saturated heterocycles. The minimum Gasteiger partial charge on any atom is -0.439 e. The lowest BCUT2D eigenvalue weighted by Gasteiger charge is -2.07.